The second-order valence-electron chi connectivity index (χ2n) is 4.49. The van der Waals surface area contributed by atoms with Gasteiger partial charge in [-0.15, -0.1) is 0 Å². The standard InChI is InChI=1S/C12H21N3O/c13-9-11-3-1-2-4-12(11)16-8-7-15-6-5-14-10-15/h5-6,10-12H,1-4,7-9,13H2. The normalized spacial score (nSPS) is 25.8. The van der Waals surface area contributed by atoms with Crippen LogP contribution in [0.3, 0.4) is 0 Å². The summed E-state index contributed by atoms with van der Waals surface area (Å²) in [6, 6.07) is 0. The Balaban J connectivity index is 1.71. The highest BCUT2D eigenvalue weighted by atomic mass is 16.5. The number of imidazole rings is 1. The summed E-state index contributed by atoms with van der Waals surface area (Å²) in [4.78, 5) is 4.01. The second-order valence-corrected chi connectivity index (χ2v) is 4.49. The average molecular weight is 223 g/mol. The van der Waals surface area contributed by atoms with E-state index in [0.717, 1.165) is 19.7 Å². The zero-order valence-electron chi connectivity index (χ0n) is 9.72. The lowest BCUT2D eigenvalue weighted by Gasteiger charge is -2.30. The molecule has 1 aromatic heterocycles. The Bertz CT molecular complexity index is 286. The molecule has 0 saturated heterocycles. The molecule has 2 N–H and O–H groups in total. The van der Waals surface area contributed by atoms with Crippen LogP contribution in [0.4, 0.5) is 0 Å². The van der Waals surface area contributed by atoms with Crippen molar-refractivity contribution in [3.8, 4) is 0 Å². The predicted octanol–water partition coefficient (Wildman–Crippen LogP) is 1.42. The molecule has 2 rings (SSSR count). The molecule has 0 amide bonds. The third-order valence-corrected chi connectivity index (χ3v) is 3.38. The van der Waals surface area contributed by atoms with Gasteiger partial charge in [-0.1, -0.05) is 12.8 Å². The number of hydrogen-bond donors (Lipinski definition) is 1. The maximum absolute atomic E-state index is 5.93. The van der Waals surface area contributed by atoms with Crippen molar-refractivity contribution in [1.82, 2.24) is 9.55 Å². The number of ether oxygens (including phenoxy) is 1. The molecule has 4 nitrogen and oxygen atoms in total. The van der Waals surface area contributed by atoms with Crippen LogP contribution in [0.5, 0.6) is 0 Å². The van der Waals surface area contributed by atoms with E-state index >= 15 is 0 Å². The fourth-order valence-corrected chi connectivity index (χ4v) is 2.39. The van der Waals surface area contributed by atoms with E-state index in [9.17, 15) is 0 Å². The van der Waals surface area contributed by atoms with Crippen molar-refractivity contribution in [2.75, 3.05) is 13.2 Å². The highest BCUT2D eigenvalue weighted by Crippen LogP contribution is 2.25. The Hall–Kier alpha value is -0.870. The first-order valence-electron chi connectivity index (χ1n) is 6.17. The topological polar surface area (TPSA) is 53.1 Å². The van der Waals surface area contributed by atoms with Crippen LogP contribution >= 0.6 is 0 Å². The van der Waals surface area contributed by atoms with Crippen molar-refractivity contribution in [1.29, 1.82) is 0 Å². The third kappa shape index (κ3) is 3.06. The van der Waals surface area contributed by atoms with E-state index in [1.165, 1.54) is 25.7 Å². The van der Waals surface area contributed by atoms with E-state index in [1.54, 1.807) is 6.20 Å². The van der Waals surface area contributed by atoms with E-state index in [-0.39, 0.29) is 0 Å². The van der Waals surface area contributed by atoms with Crippen molar-refractivity contribution in [2.24, 2.45) is 11.7 Å². The van der Waals surface area contributed by atoms with Crippen LogP contribution in [0.2, 0.25) is 0 Å². The quantitative estimate of drug-likeness (QED) is 0.821. The SMILES string of the molecule is NCC1CCCCC1OCCn1ccnc1. The van der Waals surface area contributed by atoms with Gasteiger partial charge in [-0.3, -0.25) is 0 Å². The van der Waals surface area contributed by atoms with Crippen LogP contribution in [0.15, 0.2) is 18.7 Å². The van der Waals surface area contributed by atoms with Gasteiger partial charge in [0.15, 0.2) is 0 Å². The Morgan fingerprint density at radius 1 is 1.38 bits per heavy atom. The largest absolute Gasteiger partial charge is 0.376 e. The molecule has 1 aromatic rings. The fraction of sp³-hybridized carbons (Fsp3) is 0.750. The minimum atomic E-state index is 0.377. The Morgan fingerprint density at radius 3 is 3.00 bits per heavy atom. The summed E-state index contributed by atoms with van der Waals surface area (Å²) in [5.74, 6) is 0.566. The molecule has 2 atom stereocenters. The summed E-state index contributed by atoms with van der Waals surface area (Å²) in [5.41, 5.74) is 5.76. The molecule has 4 heteroatoms. The third-order valence-electron chi connectivity index (χ3n) is 3.38. The summed E-state index contributed by atoms with van der Waals surface area (Å²) in [7, 11) is 0. The fourth-order valence-electron chi connectivity index (χ4n) is 2.39. The van der Waals surface area contributed by atoms with Crippen LogP contribution in [0.25, 0.3) is 0 Å². The molecule has 2 unspecified atom stereocenters. The average Bonchev–Trinajstić information content (AvgIpc) is 2.83. The molecule has 0 bridgehead atoms. The maximum Gasteiger partial charge on any atom is 0.0946 e. The molecule has 0 spiro atoms. The zero-order valence-corrected chi connectivity index (χ0v) is 9.72. The molecule has 16 heavy (non-hydrogen) atoms. The van der Waals surface area contributed by atoms with Gasteiger partial charge in [0.25, 0.3) is 0 Å². The molecule has 1 saturated carbocycles. The first-order valence-corrected chi connectivity index (χ1v) is 6.17. The summed E-state index contributed by atoms with van der Waals surface area (Å²) in [6.07, 6.45) is 11.0. The molecular weight excluding hydrogens is 202 g/mol. The Morgan fingerprint density at radius 2 is 2.25 bits per heavy atom. The molecule has 1 heterocycles. The van der Waals surface area contributed by atoms with Crippen molar-refractivity contribution in [3.05, 3.63) is 18.7 Å². The summed E-state index contributed by atoms with van der Waals surface area (Å²) in [6.45, 7) is 2.40. The van der Waals surface area contributed by atoms with Crippen molar-refractivity contribution >= 4 is 0 Å². The minimum absolute atomic E-state index is 0.377. The van der Waals surface area contributed by atoms with E-state index in [0.29, 0.717) is 12.0 Å². The molecule has 0 aromatic carbocycles. The molecule has 1 fully saturated rings. The van der Waals surface area contributed by atoms with Crippen molar-refractivity contribution in [3.63, 3.8) is 0 Å². The van der Waals surface area contributed by atoms with Gasteiger partial charge in [-0.2, -0.15) is 0 Å². The predicted molar refractivity (Wildman–Crippen MR) is 63.0 cm³/mol. The number of hydrogen-bond acceptors (Lipinski definition) is 3. The minimum Gasteiger partial charge on any atom is -0.376 e. The number of rotatable bonds is 5. The van der Waals surface area contributed by atoms with E-state index < -0.39 is 0 Å². The van der Waals surface area contributed by atoms with Gasteiger partial charge < -0.3 is 15.0 Å². The second kappa shape index (κ2) is 6.01. The lowest BCUT2D eigenvalue weighted by Crippen LogP contribution is -2.33. The first-order chi connectivity index (χ1) is 7.90. The molecule has 90 valence electrons. The first kappa shape index (κ1) is 11.6. The van der Waals surface area contributed by atoms with E-state index in [2.05, 4.69) is 4.98 Å². The Kier molecular flexibility index (Phi) is 4.36. The summed E-state index contributed by atoms with van der Waals surface area (Å²) < 4.78 is 7.97. The number of aromatic nitrogens is 2. The molecule has 1 aliphatic rings. The summed E-state index contributed by atoms with van der Waals surface area (Å²) >= 11 is 0. The van der Waals surface area contributed by atoms with Crippen molar-refractivity contribution in [2.45, 2.75) is 38.3 Å². The monoisotopic (exact) mass is 223 g/mol. The number of nitrogens with two attached hydrogens (primary N) is 1. The summed E-state index contributed by atoms with van der Waals surface area (Å²) in [5, 5.41) is 0. The van der Waals surface area contributed by atoms with Gasteiger partial charge in [0.1, 0.15) is 0 Å². The van der Waals surface area contributed by atoms with Crippen LogP contribution in [0.1, 0.15) is 25.7 Å². The van der Waals surface area contributed by atoms with Gasteiger partial charge in [0, 0.05) is 18.9 Å². The van der Waals surface area contributed by atoms with E-state index in [1.807, 2.05) is 17.1 Å². The van der Waals surface area contributed by atoms with Crippen LogP contribution in [0, 0.1) is 5.92 Å². The number of nitrogens with zero attached hydrogens (tertiary/aromatic N) is 2. The maximum atomic E-state index is 5.93. The lowest BCUT2D eigenvalue weighted by molar-refractivity contribution is -0.0113. The highest BCUT2D eigenvalue weighted by Gasteiger charge is 2.24. The van der Waals surface area contributed by atoms with Gasteiger partial charge in [-0.05, 0) is 25.3 Å². The van der Waals surface area contributed by atoms with Crippen LogP contribution in [-0.4, -0.2) is 28.8 Å². The lowest BCUT2D eigenvalue weighted by atomic mass is 9.86. The van der Waals surface area contributed by atoms with Crippen molar-refractivity contribution < 1.29 is 4.74 Å². The van der Waals surface area contributed by atoms with Gasteiger partial charge >= 0.3 is 0 Å². The molecular formula is C12H21N3O. The van der Waals surface area contributed by atoms with Crippen LogP contribution < -0.4 is 5.73 Å². The van der Waals surface area contributed by atoms with Gasteiger partial charge in [-0.25, -0.2) is 4.98 Å². The van der Waals surface area contributed by atoms with E-state index in [4.69, 9.17) is 10.5 Å². The van der Waals surface area contributed by atoms with Crippen LogP contribution in [-0.2, 0) is 11.3 Å². The highest BCUT2D eigenvalue weighted by molar-refractivity contribution is 4.77. The zero-order chi connectivity index (χ0) is 11.2. The van der Waals surface area contributed by atoms with Gasteiger partial charge in [0.05, 0.1) is 19.0 Å². The smallest absolute Gasteiger partial charge is 0.0946 e. The Labute approximate surface area is 96.8 Å². The van der Waals surface area contributed by atoms with Gasteiger partial charge in [0.2, 0.25) is 0 Å². The molecule has 1 aliphatic carbocycles. The molecule has 0 aliphatic heterocycles. The molecule has 0 radical (unpaired) electrons.